The van der Waals surface area contributed by atoms with E-state index in [1.165, 1.54) is 16.7 Å². The maximum absolute atomic E-state index is 12.1. The number of anilines is 1. The number of fused-ring (bicyclic) bond motifs is 1. The van der Waals surface area contributed by atoms with Crippen molar-refractivity contribution in [3.05, 3.63) is 54.1 Å². The second kappa shape index (κ2) is 8.07. The highest BCUT2D eigenvalue weighted by molar-refractivity contribution is 8.14. The van der Waals surface area contributed by atoms with Crippen LogP contribution in [0, 0.1) is 0 Å². The van der Waals surface area contributed by atoms with E-state index in [1.807, 2.05) is 24.3 Å². The summed E-state index contributed by atoms with van der Waals surface area (Å²) in [5, 5.41) is 3.03. The number of oxazole rings is 1. The van der Waals surface area contributed by atoms with Crippen LogP contribution in [-0.2, 0) is 16.1 Å². The van der Waals surface area contributed by atoms with Crippen LogP contribution in [0.15, 0.2) is 58.2 Å². The van der Waals surface area contributed by atoms with Gasteiger partial charge < -0.3 is 9.73 Å². The maximum atomic E-state index is 12.1. The van der Waals surface area contributed by atoms with Gasteiger partial charge in [0, 0.05) is 5.69 Å². The number of nitrogens with one attached hydrogen (secondary N) is 1. The first-order valence-electron chi connectivity index (χ1n) is 8.43. The molecule has 9 heteroatoms. The van der Waals surface area contributed by atoms with E-state index in [0.717, 1.165) is 22.8 Å². The van der Waals surface area contributed by atoms with E-state index in [0.29, 0.717) is 16.5 Å². The normalized spacial score (nSPS) is 14.1. The van der Waals surface area contributed by atoms with Gasteiger partial charge in [-0.25, -0.2) is 4.98 Å². The Bertz CT molecular complexity index is 1000. The zero-order chi connectivity index (χ0) is 19.5. The molecule has 0 saturated carbocycles. The van der Waals surface area contributed by atoms with E-state index in [9.17, 15) is 14.4 Å². The minimum Gasteiger partial charge on any atom is -0.431 e. The molecule has 28 heavy (non-hydrogen) atoms. The highest BCUT2D eigenvalue weighted by atomic mass is 32.2. The number of rotatable bonds is 6. The molecule has 1 saturated heterocycles. The minimum absolute atomic E-state index is 0.169. The first-order valence-corrected chi connectivity index (χ1v) is 10.4. The number of imide groups is 1. The number of carbonyl (C=O) groups is 3. The second-order valence-corrected chi connectivity index (χ2v) is 7.87. The van der Waals surface area contributed by atoms with E-state index in [-0.39, 0.29) is 35.1 Å². The Kier molecular flexibility index (Phi) is 5.36. The van der Waals surface area contributed by atoms with Gasteiger partial charge in [-0.3, -0.25) is 19.3 Å². The molecule has 3 amide bonds. The number of aromatic nitrogens is 1. The van der Waals surface area contributed by atoms with Crippen LogP contribution in [0.2, 0.25) is 0 Å². The van der Waals surface area contributed by atoms with E-state index >= 15 is 0 Å². The molecule has 1 aromatic heterocycles. The number of nitrogens with zero attached hydrogens (tertiary/aromatic N) is 2. The summed E-state index contributed by atoms with van der Waals surface area (Å²) in [6, 6.07) is 14.5. The summed E-state index contributed by atoms with van der Waals surface area (Å²) in [6.45, 7) is 0.243. The average molecular weight is 413 g/mol. The van der Waals surface area contributed by atoms with Gasteiger partial charge >= 0.3 is 0 Å². The van der Waals surface area contributed by atoms with Crippen molar-refractivity contribution >= 4 is 57.4 Å². The zero-order valence-electron chi connectivity index (χ0n) is 14.6. The van der Waals surface area contributed by atoms with Crippen molar-refractivity contribution in [1.29, 1.82) is 0 Å². The highest BCUT2D eigenvalue weighted by Gasteiger charge is 2.29. The largest absolute Gasteiger partial charge is 0.431 e. The fourth-order valence-corrected chi connectivity index (χ4v) is 4.01. The molecule has 7 nitrogen and oxygen atoms in total. The van der Waals surface area contributed by atoms with Gasteiger partial charge in [0.15, 0.2) is 5.58 Å². The molecule has 4 rings (SSSR count). The number of amides is 3. The third-order valence-electron chi connectivity index (χ3n) is 4.02. The van der Waals surface area contributed by atoms with Crippen molar-refractivity contribution < 1.29 is 18.8 Å². The topological polar surface area (TPSA) is 92.5 Å². The van der Waals surface area contributed by atoms with Gasteiger partial charge in [0.05, 0.1) is 18.1 Å². The summed E-state index contributed by atoms with van der Waals surface area (Å²) >= 11 is 2.24. The van der Waals surface area contributed by atoms with Gasteiger partial charge in [0.25, 0.3) is 10.5 Å². The second-order valence-electron chi connectivity index (χ2n) is 6.02. The van der Waals surface area contributed by atoms with Crippen molar-refractivity contribution in [1.82, 2.24) is 9.88 Å². The smallest absolute Gasteiger partial charge is 0.289 e. The molecule has 1 fully saturated rings. The molecular weight excluding hydrogens is 398 g/mol. The number of para-hydroxylation sites is 2. The van der Waals surface area contributed by atoms with Crippen LogP contribution in [0.4, 0.5) is 10.5 Å². The van der Waals surface area contributed by atoms with E-state index in [4.69, 9.17) is 4.42 Å². The standard InChI is InChI=1S/C19H15N3O4S2/c23-16(10-27-18-21-14-3-1-2-4-15(14)26-18)20-13-7-5-12(6-8-13)9-22-17(24)11-28-19(22)25/h1-8H,9-11H2,(H,20,23). The fourth-order valence-electron chi connectivity index (χ4n) is 2.65. The van der Waals surface area contributed by atoms with Gasteiger partial charge in [-0.1, -0.05) is 47.8 Å². The molecule has 0 aliphatic carbocycles. The van der Waals surface area contributed by atoms with Crippen molar-refractivity contribution in [3.8, 4) is 0 Å². The maximum Gasteiger partial charge on any atom is 0.289 e. The molecule has 2 heterocycles. The SMILES string of the molecule is O=C(CSc1nc2ccccc2o1)Nc1ccc(CN2C(=O)CSC2=O)cc1. The highest BCUT2D eigenvalue weighted by Crippen LogP contribution is 2.24. The molecule has 2 aromatic carbocycles. The molecular formula is C19H15N3O4S2. The van der Waals surface area contributed by atoms with Crippen LogP contribution in [-0.4, -0.2) is 38.4 Å². The molecule has 1 aliphatic heterocycles. The first-order chi connectivity index (χ1) is 13.6. The monoisotopic (exact) mass is 413 g/mol. The first kappa shape index (κ1) is 18.6. The third-order valence-corrected chi connectivity index (χ3v) is 5.71. The Hall–Kier alpha value is -2.78. The molecule has 1 aliphatic rings. The quantitative estimate of drug-likeness (QED) is 0.615. The molecule has 0 bridgehead atoms. The predicted octanol–water partition coefficient (Wildman–Crippen LogP) is 3.75. The summed E-state index contributed by atoms with van der Waals surface area (Å²) in [5.41, 5.74) is 2.91. The van der Waals surface area contributed by atoms with Crippen LogP contribution >= 0.6 is 23.5 Å². The summed E-state index contributed by atoms with van der Waals surface area (Å²) < 4.78 is 5.58. The van der Waals surface area contributed by atoms with Gasteiger partial charge in [0.1, 0.15) is 5.52 Å². The number of benzene rings is 2. The fraction of sp³-hybridized carbons (Fsp3) is 0.158. The van der Waals surface area contributed by atoms with Crippen LogP contribution in [0.1, 0.15) is 5.56 Å². The summed E-state index contributed by atoms with van der Waals surface area (Å²) in [5.74, 6) is 0.0118. The number of hydrogen-bond donors (Lipinski definition) is 1. The summed E-state index contributed by atoms with van der Waals surface area (Å²) in [4.78, 5) is 41.0. The van der Waals surface area contributed by atoms with Gasteiger partial charge in [-0.2, -0.15) is 0 Å². The van der Waals surface area contributed by atoms with E-state index < -0.39 is 0 Å². The lowest BCUT2D eigenvalue weighted by Gasteiger charge is -2.13. The number of hydrogen-bond acceptors (Lipinski definition) is 7. The minimum atomic E-state index is -0.224. The van der Waals surface area contributed by atoms with Crippen molar-refractivity contribution in [2.45, 2.75) is 11.8 Å². The predicted molar refractivity (Wildman–Crippen MR) is 108 cm³/mol. The summed E-state index contributed by atoms with van der Waals surface area (Å²) in [6.07, 6.45) is 0. The van der Waals surface area contributed by atoms with Crippen LogP contribution in [0.3, 0.4) is 0 Å². The molecule has 1 N–H and O–H groups in total. The molecule has 0 atom stereocenters. The lowest BCUT2D eigenvalue weighted by molar-refractivity contribution is -0.125. The average Bonchev–Trinajstić information content (AvgIpc) is 3.25. The number of thioether (sulfide) groups is 2. The van der Waals surface area contributed by atoms with Crippen molar-refractivity contribution in [2.75, 3.05) is 16.8 Å². The third kappa shape index (κ3) is 4.20. The lowest BCUT2D eigenvalue weighted by Crippen LogP contribution is -2.27. The molecule has 3 aromatic rings. The molecule has 0 unspecified atom stereocenters. The van der Waals surface area contributed by atoms with E-state index in [1.54, 1.807) is 24.3 Å². The van der Waals surface area contributed by atoms with Crippen LogP contribution in [0.5, 0.6) is 0 Å². The Labute approximate surface area is 168 Å². The zero-order valence-corrected chi connectivity index (χ0v) is 16.2. The van der Waals surface area contributed by atoms with Crippen molar-refractivity contribution in [3.63, 3.8) is 0 Å². The van der Waals surface area contributed by atoms with Crippen LogP contribution < -0.4 is 5.32 Å². The van der Waals surface area contributed by atoms with Gasteiger partial charge in [0.2, 0.25) is 11.8 Å². The van der Waals surface area contributed by atoms with Crippen LogP contribution in [0.25, 0.3) is 11.1 Å². The summed E-state index contributed by atoms with van der Waals surface area (Å²) in [7, 11) is 0. The Morgan fingerprint density at radius 2 is 1.96 bits per heavy atom. The molecule has 0 spiro atoms. The lowest BCUT2D eigenvalue weighted by atomic mass is 10.2. The Morgan fingerprint density at radius 3 is 2.68 bits per heavy atom. The number of carbonyl (C=O) groups excluding carboxylic acids is 3. The van der Waals surface area contributed by atoms with Gasteiger partial charge in [-0.05, 0) is 29.8 Å². The Morgan fingerprint density at radius 1 is 1.18 bits per heavy atom. The van der Waals surface area contributed by atoms with Crippen molar-refractivity contribution in [2.24, 2.45) is 0 Å². The molecule has 0 radical (unpaired) electrons. The molecule has 142 valence electrons. The van der Waals surface area contributed by atoms with E-state index in [2.05, 4.69) is 10.3 Å². The Balaban J connectivity index is 1.30. The van der Waals surface area contributed by atoms with Gasteiger partial charge in [-0.15, -0.1) is 0 Å².